The topological polar surface area (TPSA) is 74.5 Å². The van der Waals surface area contributed by atoms with Crippen LogP contribution in [0.3, 0.4) is 0 Å². The van der Waals surface area contributed by atoms with E-state index in [1.54, 1.807) is 30.3 Å². The average molecular weight is 378 g/mol. The molecule has 27 heavy (non-hydrogen) atoms. The van der Waals surface area contributed by atoms with Crippen LogP contribution in [0.5, 0.6) is 5.75 Å². The van der Waals surface area contributed by atoms with Crippen LogP contribution < -0.4 is 10.6 Å². The summed E-state index contributed by atoms with van der Waals surface area (Å²) < 4.78 is 5.70. The molecule has 0 unspecified atom stereocenters. The standard InChI is InChI=1S/C21H18N2O3S/c1-14-7-10-18(24)17(13-14)22-21(27)23-20(25)12-9-16-8-11-19(26-16)15-5-3-2-4-6-15/h2-13,24H,1H3,(H2,22,23,25,27)/b12-9+. The molecule has 1 aromatic heterocycles. The second kappa shape index (κ2) is 8.33. The number of nitrogens with one attached hydrogen (secondary N) is 2. The van der Waals surface area contributed by atoms with Crippen molar-refractivity contribution in [3.05, 3.63) is 78.1 Å². The van der Waals surface area contributed by atoms with E-state index in [0.717, 1.165) is 16.9 Å². The number of thiocarbonyl (C=S) groups is 1. The van der Waals surface area contributed by atoms with E-state index in [1.807, 2.05) is 43.3 Å². The summed E-state index contributed by atoms with van der Waals surface area (Å²) in [5, 5.41) is 15.2. The quantitative estimate of drug-likeness (QED) is 0.354. The number of hydrogen-bond donors (Lipinski definition) is 3. The first-order chi connectivity index (χ1) is 13.0. The molecule has 0 atom stereocenters. The van der Waals surface area contributed by atoms with Gasteiger partial charge in [-0.15, -0.1) is 0 Å². The van der Waals surface area contributed by atoms with Gasteiger partial charge < -0.3 is 14.8 Å². The van der Waals surface area contributed by atoms with Crippen molar-refractivity contribution in [1.29, 1.82) is 0 Å². The number of anilines is 1. The van der Waals surface area contributed by atoms with Crippen LogP contribution in [-0.4, -0.2) is 16.1 Å². The molecule has 0 aliphatic heterocycles. The lowest BCUT2D eigenvalue weighted by Crippen LogP contribution is -2.32. The van der Waals surface area contributed by atoms with Gasteiger partial charge in [-0.3, -0.25) is 10.1 Å². The number of rotatable bonds is 4. The van der Waals surface area contributed by atoms with Crippen molar-refractivity contribution >= 4 is 35.0 Å². The highest BCUT2D eigenvalue weighted by molar-refractivity contribution is 7.80. The molecule has 0 bridgehead atoms. The number of benzene rings is 2. The molecule has 0 saturated heterocycles. The molecular weight excluding hydrogens is 360 g/mol. The number of phenolic OH excluding ortho intramolecular Hbond substituents is 1. The highest BCUT2D eigenvalue weighted by atomic mass is 32.1. The Balaban J connectivity index is 1.58. The average Bonchev–Trinajstić information content (AvgIpc) is 3.13. The summed E-state index contributed by atoms with van der Waals surface area (Å²) in [7, 11) is 0. The Labute approximate surface area is 162 Å². The Hall–Kier alpha value is -3.38. The molecule has 3 aromatic rings. The molecule has 3 N–H and O–H groups in total. The minimum Gasteiger partial charge on any atom is -0.506 e. The third-order valence-corrected chi connectivity index (χ3v) is 3.93. The van der Waals surface area contributed by atoms with Crippen LogP contribution in [0.2, 0.25) is 0 Å². The van der Waals surface area contributed by atoms with Crippen LogP contribution in [0.15, 0.2) is 71.2 Å². The van der Waals surface area contributed by atoms with Gasteiger partial charge in [0.2, 0.25) is 5.91 Å². The van der Waals surface area contributed by atoms with Crippen molar-refractivity contribution in [3.63, 3.8) is 0 Å². The van der Waals surface area contributed by atoms with Crippen molar-refractivity contribution in [2.45, 2.75) is 6.92 Å². The van der Waals surface area contributed by atoms with Crippen LogP contribution in [0.4, 0.5) is 5.69 Å². The van der Waals surface area contributed by atoms with Crippen LogP contribution >= 0.6 is 12.2 Å². The first kappa shape index (κ1) is 18.4. The lowest BCUT2D eigenvalue weighted by Gasteiger charge is -2.10. The fourth-order valence-electron chi connectivity index (χ4n) is 2.41. The Bertz CT molecular complexity index is 994. The molecule has 0 saturated carbocycles. The van der Waals surface area contributed by atoms with E-state index in [4.69, 9.17) is 16.6 Å². The molecule has 0 aliphatic rings. The Morgan fingerprint density at radius 2 is 1.89 bits per heavy atom. The number of carbonyl (C=O) groups excluding carboxylic acids is 1. The molecule has 0 fully saturated rings. The molecule has 1 amide bonds. The second-order valence-corrected chi connectivity index (χ2v) is 6.27. The predicted molar refractivity (Wildman–Crippen MR) is 110 cm³/mol. The van der Waals surface area contributed by atoms with Crippen molar-refractivity contribution in [3.8, 4) is 17.1 Å². The van der Waals surface area contributed by atoms with E-state index < -0.39 is 5.91 Å². The van der Waals surface area contributed by atoms with Crippen molar-refractivity contribution in [2.75, 3.05) is 5.32 Å². The Morgan fingerprint density at radius 1 is 1.11 bits per heavy atom. The van der Waals surface area contributed by atoms with Crippen molar-refractivity contribution < 1.29 is 14.3 Å². The van der Waals surface area contributed by atoms with Gasteiger partial charge in [0.15, 0.2) is 5.11 Å². The van der Waals surface area contributed by atoms with Gasteiger partial charge in [-0.1, -0.05) is 36.4 Å². The first-order valence-electron chi connectivity index (χ1n) is 8.26. The maximum atomic E-state index is 12.0. The molecule has 0 spiro atoms. The SMILES string of the molecule is Cc1ccc(O)c(NC(=S)NC(=O)/C=C/c2ccc(-c3ccccc3)o2)c1. The van der Waals surface area contributed by atoms with Crippen molar-refractivity contribution in [2.24, 2.45) is 0 Å². The van der Waals surface area contributed by atoms with Crippen LogP contribution in [0.25, 0.3) is 17.4 Å². The largest absolute Gasteiger partial charge is 0.506 e. The normalized spacial score (nSPS) is 10.7. The Morgan fingerprint density at radius 3 is 2.67 bits per heavy atom. The summed E-state index contributed by atoms with van der Waals surface area (Å²) in [6, 6.07) is 18.4. The fourth-order valence-corrected chi connectivity index (χ4v) is 2.63. The van der Waals surface area contributed by atoms with E-state index >= 15 is 0 Å². The lowest BCUT2D eigenvalue weighted by atomic mass is 10.2. The zero-order valence-electron chi connectivity index (χ0n) is 14.6. The molecular formula is C21H18N2O3S. The zero-order chi connectivity index (χ0) is 19.2. The van der Waals surface area contributed by atoms with Crippen molar-refractivity contribution in [1.82, 2.24) is 5.32 Å². The number of hydrogen-bond acceptors (Lipinski definition) is 4. The fraction of sp³-hybridized carbons (Fsp3) is 0.0476. The second-order valence-electron chi connectivity index (χ2n) is 5.87. The third-order valence-electron chi connectivity index (χ3n) is 3.72. The molecule has 3 rings (SSSR count). The minimum atomic E-state index is -0.405. The maximum absolute atomic E-state index is 12.0. The molecule has 6 heteroatoms. The first-order valence-corrected chi connectivity index (χ1v) is 8.67. The van der Waals surface area contributed by atoms with E-state index in [-0.39, 0.29) is 10.9 Å². The lowest BCUT2D eigenvalue weighted by molar-refractivity contribution is -0.115. The van der Waals surface area contributed by atoms with Gasteiger partial charge in [-0.2, -0.15) is 0 Å². The molecule has 5 nitrogen and oxygen atoms in total. The molecule has 1 heterocycles. The van der Waals surface area contributed by atoms with Crippen LogP contribution in [0.1, 0.15) is 11.3 Å². The molecule has 2 aromatic carbocycles. The summed E-state index contributed by atoms with van der Waals surface area (Å²) in [6.07, 6.45) is 2.90. The minimum absolute atomic E-state index is 0.0526. The molecule has 0 radical (unpaired) electrons. The summed E-state index contributed by atoms with van der Waals surface area (Å²) in [5.41, 5.74) is 2.35. The van der Waals surface area contributed by atoms with E-state index in [2.05, 4.69) is 10.6 Å². The summed E-state index contributed by atoms with van der Waals surface area (Å²) in [5.74, 6) is 0.927. The smallest absolute Gasteiger partial charge is 0.250 e. The summed E-state index contributed by atoms with van der Waals surface area (Å²) in [4.78, 5) is 12.0. The molecule has 136 valence electrons. The van der Waals surface area contributed by atoms with Gasteiger partial charge in [0, 0.05) is 11.6 Å². The zero-order valence-corrected chi connectivity index (χ0v) is 15.4. The number of aryl methyl sites for hydroxylation is 1. The molecule has 0 aliphatic carbocycles. The van der Waals surface area contributed by atoms with E-state index in [9.17, 15) is 9.90 Å². The highest BCUT2D eigenvalue weighted by Crippen LogP contribution is 2.24. The van der Waals surface area contributed by atoms with E-state index in [1.165, 1.54) is 6.08 Å². The maximum Gasteiger partial charge on any atom is 0.250 e. The van der Waals surface area contributed by atoms with Gasteiger partial charge in [0.25, 0.3) is 0 Å². The number of carbonyl (C=O) groups is 1. The van der Waals surface area contributed by atoms with Gasteiger partial charge in [0.05, 0.1) is 5.69 Å². The van der Waals surface area contributed by atoms with Crippen LogP contribution in [0, 0.1) is 6.92 Å². The number of amides is 1. The van der Waals surface area contributed by atoms with Crippen LogP contribution in [-0.2, 0) is 4.79 Å². The highest BCUT2D eigenvalue weighted by Gasteiger charge is 2.06. The Kier molecular flexibility index (Phi) is 5.68. The predicted octanol–water partition coefficient (Wildman–Crippen LogP) is 4.49. The number of aromatic hydroxyl groups is 1. The summed E-state index contributed by atoms with van der Waals surface area (Å²) in [6.45, 7) is 1.89. The monoisotopic (exact) mass is 378 g/mol. The number of phenols is 1. The van der Waals surface area contributed by atoms with E-state index in [0.29, 0.717) is 11.4 Å². The number of furan rings is 1. The summed E-state index contributed by atoms with van der Waals surface area (Å²) >= 11 is 5.10. The third kappa shape index (κ3) is 5.05. The van der Waals surface area contributed by atoms with Gasteiger partial charge in [-0.05, 0) is 55.0 Å². The van der Waals surface area contributed by atoms with Gasteiger partial charge in [0.1, 0.15) is 17.3 Å². The van der Waals surface area contributed by atoms with Gasteiger partial charge >= 0.3 is 0 Å². The van der Waals surface area contributed by atoms with Gasteiger partial charge in [-0.25, -0.2) is 0 Å².